The molecule has 0 saturated heterocycles. The minimum absolute atomic E-state index is 0.0707. The molecular formula is C21H27ClN6O6S. The van der Waals surface area contributed by atoms with Crippen LogP contribution in [0.4, 0.5) is 5.95 Å². The van der Waals surface area contributed by atoms with Gasteiger partial charge in [0.25, 0.3) is 0 Å². The van der Waals surface area contributed by atoms with Crippen molar-refractivity contribution in [1.82, 2.24) is 24.7 Å². The maximum atomic E-state index is 13.4. The predicted molar refractivity (Wildman–Crippen MR) is 129 cm³/mol. The normalized spacial score (nSPS) is 13.3. The zero-order valence-corrected chi connectivity index (χ0v) is 21.5. The fourth-order valence-corrected chi connectivity index (χ4v) is 4.54. The van der Waals surface area contributed by atoms with E-state index in [4.69, 9.17) is 30.5 Å². The molecule has 2 aromatic heterocycles. The van der Waals surface area contributed by atoms with Gasteiger partial charge < -0.3 is 18.9 Å². The van der Waals surface area contributed by atoms with E-state index in [2.05, 4.69) is 24.9 Å². The molecule has 0 aliphatic rings. The van der Waals surface area contributed by atoms with E-state index in [0.717, 1.165) is 0 Å². The van der Waals surface area contributed by atoms with Gasteiger partial charge in [0.2, 0.25) is 16.0 Å². The van der Waals surface area contributed by atoms with E-state index in [1.807, 2.05) is 6.92 Å². The molecule has 0 aliphatic carbocycles. The molecule has 1 N–H and O–H groups in total. The lowest BCUT2D eigenvalue weighted by Gasteiger charge is -2.22. The van der Waals surface area contributed by atoms with Gasteiger partial charge in [-0.25, -0.2) is 18.4 Å². The molecule has 0 aliphatic heterocycles. The first-order chi connectivity index (χ1) is 16.8. The van der Waals surface area contributed by atoms with Gasteiger partial charge in [0, 0.05) is 26.1 Å². The molecule has 12 nitrogen and oxygen atoms in total. The number of hydrogen-bond donors (Lipinski definition) is 1. The van der Waals surface area contributed by atoms with Gasteiger partial charge in [-0.15, -0.1) is 10.2 Å². The van der Waals surface area contributed by atoms with Crippen LogP contribution in [-0.4, -0.2) is 66.3 Å². The van der Waals surface area contributed by atoms with Gasteiger partial charge in [0.1, 0.15) is 35.1 Å². The van der Waals surface area contributed by atoms with Crippen molar-refractivity contribution in [3.8, 4) is 17.2 Å². The predicted octanol–water partition coefficient (Wildman–Crippen LogP) is 2.78. The van der Waals surface area contributed by atoms with E-state index in [9.17, 15) is 8.42 Å². The molecule has 14 heteroatoms. The second-order valence-corrected chi connectivity index (χ2v) is 9.67. The van der Waals surface area contributed by atoms with Gasteiger partial charge in [0.15, 0.2) is 11.6 Å². The van der Waals surface area contributed by atoms with E-state index < -0.39 is 21.4 Å². The molecule has 0 fully saturated rings. The minimum Gasteiger partial charge on any atom is -0.494 e. The Morgan fingerprint density at radius 2 is 1.71 bits per heavy atom. The molecule has 190 valence electrons. The van der Waals surface area contributed by atoms with E-state index in [-0.39, 0.29) is 18.4 Å². The van der Waals surface area contributed by atoms with Crippen molar-refractivity contribution < 1.29 is 27.4 Å². The Hall–Kier alpha value is -3.00. The zero-order chi connectivity index (χ0) is 25.6. The van der Waals surface area contributed by atoms with E-state index in [1.54, 1.807) is 18.2 Å². The first-order valence-corrected chi connectivity index (χ1v) is 12.4. The van der Waals surface area contributed by atoms with Gasteiger partial charge >= 0.3 is 0 Å². The monoisotopic (exact) mass is 526 g/mol. The number of ether oxygens (including phenoxy) is 4. The summed E-state index contributed by atoms with van der Waals surface area (Å²) < 4.78 is 52.8. The fraction of sp³-hybridized carbons (Fsp3) is 0.429. The number of hydrogen-bond acceptors (Lipinski definition) is 10. The van der Waals surface area contributed by atoms with Crippen LogP contribution in [0.25, 0.3) is 5.69 Å². The quantitative estimate of drug-likeness (QED) is 0.374. The van der Waals surface area contributed by atoms with Crippen LogP contribution in [0.15, 0.2) is 30.6 Å². The smallest absolute Gasteiger partial charge is 0.243 e. The zero-order valence-electron chi connectivity index (χ0n) is 19.9. The number of para-hydroxylation sites is 1. The van der Waals surface area contributed by atoms with E-state index in [1.165, 1.54) is 45.2 Å². The molecule has 0 radical (unpaired) electrons. The number of nitrogens with one attached hydrogen (secondary N) is 1. The Bertz CT molecular complexity index is 1220. The number of methoxy groups -OCH3 is 3. The summed E-state index contributed by atoms with van der Waals surface area (Å²) in [6, 6.07) is 5.17. The Labute approximate surface area is 208 Å². The fourth-order valence-electron chi connectivity index (χ4n) is 3.32. The second-order valence-electron chi connectivity index (χ2n) is 7.19. The minimum atomic E-state index is -4.09. The number of benzene rings is 1. The number of aromatic nitrogens is 5. The molecular weight excluding hydrogens is 500 g/mol. The first-order valence-electron chi connectivity index (χ1n) is 10.5. The molecule has 0 saturated carbocycles. The molecule has 3 rings (SSSR count). The summed E-state index contributed by atoms with van der Waals surface area (Å²) in [7, 11) is 0.263. The number of rotatable bonds is 12. The SMILES string of the molecule is CCOCc1nnc(NS(=O)(=O)C(C)C(OC)c2ncc(Cl)cn2)n1-c1c(OC)cccc1OC. The van der Waals surface area contributed by atoms with E-state index in [0.29, 0.717) is 34.6 Å². The Morgan fingerprint density at radius 3 is 2.26 bits per heavy atom. The third-order valence-corrected chi connectivity index (χ3v) is 6.98. The summed E-state index contributed by atoms with van der Waals surface area (Å²) in [6.45, 7) is 3.80. The maximum Gasteiger partial charge on any atom is 0.243 e. The molecule has 0 spiro atoms. The molecule has 3 aromatic rings. The van der Waals surface area contributed by atoms with Crippen molar-refractivity contribution >= 4 is 27.6 Å². The van der Waals surface area contributed by atoms with Crippen molar-refractivity contribution in [1.29, 1.82) is 0 Å². The summed E-state index contributed by atoms with van der Waals surface area (Å²) in [4.78, 5) is 8.19. The Balaban J connectivity index is 2.06. The third-order valence-electron chi connectivity index (χ3n) is 5.09. The van der Waals surface area contributed by atoms with Crippen molar-refractivity contribution in [2.24, 2.45) is 0 Å². The maximum absolute atomic E-state index is 13.4. The average molecular weight is 527 g/mol. The largest absolute Gasteiger partial charge is 0.494 e. The Kier molecular flexibility index (Phi) is 8.83. The summed E-state index contributed by atoms with van der Waals surface area (Å²) in [5, 5.41) is 7.41. The van der Waals surface area contributed by atoms with Crippen LogP contribution < -0.4 is 14.2 Å². The van der Waals surface area contributed by atoms with Crippen LogP contribution in [0.5, 0.6) is 11.5 Å². The average Bonchev–Trinajstić information content (AvgIpc) is 3.24. The van der Waals surface area contributed by atoms with Crippen LogP contribution in [0.2, 0.25) is 5.02 Å². The highest BCUT2D eigenvalue weighted by Crippen LogP contribution is 2.36. The van der Waals surface area contributed by atoms with Gasteiger partial charge in [-0.2, -0.15) is 0 Å². The highest BCUT2D eigenvalue weighted by Gasteiger charge is 2.35. The summed E-state index contributed by atoms with van der Waals surface area (Å²) in [6.07, 6.45) is 1.76. The topological polar surface area (TPSA) is 140 Å². The van der Waals surface area contributed by atoms with Crippen molar-refractivity contribution in [2.45, 2.75) is 31.8 Å². The van der Waals surface area contributed by atoms with Gasteiger partial charge in [-0.1, -0.05) is 17.7 Å². The lowest BCUT2D eigenvalue weighted by atomic mass is 10.2. The highest BCUT2D eigenvalue weighted by atomic mass is 35.5. The summed E-state index contributed by atoms with van der Waals surface area (Å²) in [5.41, 5.74) is 0.409. The van der Waals surface area contributed by atoms with Crippen LogP contribution in [0, 0.1) is 0 Å². The third kappa shape index (κ3) is 5.81. The number of anilines is 1. The molecule has 0 amide bonds. The number of sulfonamides is 1. The molecule has 2 atom stereocenters. The van der Waals surface area contributed by atoms with Crippen LogP contribution >= 0.6 is 11.6 Å². The first kappa shape index (κ1) is 26.6. The standard InChI is InChI=1S/C21H27ClN6O6S/c1-6-34-12-17-25-26-21(28(17)18-15(31-3)8-7-9-16(18)32-4)27-35(29,30)13(2)19(33-5)20-23-10-14(22)11-24-20/h7-11,13,19H,6,12H2,1-5H3,(H,26,27). The van der Waals surface area contributed by atoms with Crippen molar-refractivity contribution in [3.05, 3.63) is 47.3 Å². The van der Waals surface area contributed by atoms with Gasteiger partial charge in [0.05, 0.1) is 19.2 Å². The molecule has 1 aromatic carbocycles. The second kappa shape index (κ2) is 11.6. The van der Waals surface area contributed by atoms with E-state index >= 15 is 0 Å². The van der Waals surface area contributed by atoms with Crippen LogP contribution in [-0.2, 0) is 26.1 Å². The highest BCUT2D eigenvalue weighted by molar-refractivity contribution is 7.93. The van der Waals surface area contributed by atoms with Gasteiger partial charge in [-0.3, -0.25) is 9.29 Å². The molecule has 35 heavy (non-hydrogen) atoms. The molecule has 0 bridgehead atoms. The van der Waals surface area contributed by atoms with Crippen molar-refractivity contribution in [3.63, 3.8) is 0 Å². The van der Waals surface area contributed by atoms with Crippen LogP contribution in [0.1, 0.15) is 31.6 Å². The number of nitrogens with zero attached hydrogens (tertiary/aromatic N) is 5. The molecule has 2 heterocycles. The lowest BCUT2D eigenvalue weighted by molar-refractivity contribution is 0.0950. The summed E-state index contributed by atoms with van der Waals surface area (Å²) >= 11 is 5.85. The lowest BCUT2D eigenvalue weighted by Crippen LogP contribution is -2.33. The Morgan fingerprint density at radius 1 is 1.09 bits per heavy atom. The van der Waals surface area contributed by atoms with Crippen LogP contribution in [0.3, 0.4) is 0 Å². The summed E-state index contributed by atoms with van der Waals surface area (Å²) in [5.74, 6) is 1.25. The molecule has 2 unspecified atom stereocenters. The van der Waals surface area contributed by atoms with Crippen molar-refractivity contribution in [2.75, 3.05) is 32.7 Å². The number of halogens is 1. The van der Waals surface area contributed by atoms with Gasteiger partial charge in [-0.05, 0) is 26.0 Å².